The minimum Gasteiger partial charge on any atom is -0.354 e. The van der Waals surface area contributed by atoms with E-state index in [4.69, 9.17) is 0 Å². The lowest BCUT2D eigenvalue weighted by Crippen LogP contribution is -2.48. The van der Waals surface area contributed by atoms with Gasteiger partial charge in [-0.2, -0.15) is 0 Å². The molecule has 0 heterocycles. The zero-order valence-electron chi connectivity index (χ0n) is 17.1. The van der Waals surface area contributed by atoms with Crippen LogP contribution in [0, 0.1) is 12.8 Å². The lowest BCUT2D eigenvalue weighted by atomic mass is 10.1. The lowest BCUT2D eigenvalue weighted by Gasteiger charge is -2.29. The quantitative estimate of drug-likeness (QED) is 0.642. The van der Waals surface area contributed by atoms with Gasteiger partial charge in [0.05, 0.1) is 5.75 Å². The number of benzene rings is 2. The number of carbonyl (C=O) groups is 2. The summed E-state index contributed by atoms with van der Waals surface area (Å²) in [6, 6.07) is 17.4. The van der Waals surface area contributed by atoms with Crippen LogP contribution >= 0.6 is 11.8 Å². The van der Waals surface area contributed by atoms with Gasteiger partial charge in [0.15, 0.2) is 0 Å². The van der Waals surface area contributed by atoms with Gasteiger partial charge in [-0.25, -0.2) is 0 Å². The number of hydrogen-bond acceptors (Lipinski definition) is 3. The summed E-state index contributed by atoms with van der Waals surface area (Å²) in [6.07, 6.45) is 0. The van der Waals surface area contributed by atoms with Crippen LogP contribution in [0.2, 0.25) is 0 Å². The molecule has 2 rings (SSSR count). The summed E-state index contributed by atoms with van der Waals surface area (Å²) in [4.78, 5) is 28.4. The molecule has 1 N–H and O–H groups in total. The van der Waals surface area contributed by atoms with Crippen molar-refractivity contribution in [2.24, 2.45) is 5.92 Å². The van der Waals surface area contributed by atoms with Crippen LogP contribution in [0.4, 0.5) is 0 Å². The van der Waals surface area contributed by atoms with Crippen molar-refractivity contribution < 1.29 is 9.59 Å². The van der Waals surface area contributed by atoms with Crippen LogP contribution in [0.5, 0.6) is 0 Å². The molecule has 5 heteroatoms. The molecule has 0 aliphatic rings. The van der Waals surface area contributed by atoms with E-state index in [1.807, 2.05) is 55.5 Å². The average Bonchev–Trinajstić information content (AvgIpc) is 2.68. The van der Waals surface area contributed by atoms with Gasteiger partial charge in [-0.05, 0) is 37.5 Å². The molecule has 0 saturated heterocycles. The predicted molar refractivity (Wildman–Crippen MR) is 116 cm³/mol. The summed E-state index contributed by atoms with van der Waals surface area (Å²) in [5, 5.41) is 2.95. The number of carbonyl (C=O) groups excluding carboxylic acids is 2. The van der Waals surface area contributed by atoms with E-state index >= 15 is 0 Å². The lowest BCUT2D eigenvalue weighted by molar-refractivity contribution is -0.138. The minimum absolute atomic E-state index is 0.0393. The molecule has 2 aromatic rings. The highest BCUT2D eigenvalue weighted by atomic mass is 32.2. The number of hydrogen-bond donors (Lipinski definition) is 1. The van der Waals surface area contributed by atoms with E-state index in [2.05, 4.69) is 25.2 Å². The summed E-state index contributed by atoms with van der Waals surface area (Å²) in [7, 11) is 0. The molecule has 0 fully saturated rings. The summed E-state index contributed by atoms with van der Waals surface area (Å²) < 4.78 is 0. The Labute approximate surface area is 172 Å². The molecule has 2 aromatic carbocycles. The van der Waals surface area contributed by atoms with Crippen LogP contribution in [-0.2, 0) is 16.1 Å². The number of nitrogens with zero attached hydrogens (tertiary/aromatic N) is 1. The molecular formula is C23H30N2O2S. The van der Waals surface area contributed by atoms with Crippen LogP contribution in [-0.4, -0.2) is 35.1 Å². The topological polar surface area (TPSA) is 49.4 Å². The fourth-order valence-corrected chi connectivity index (χ4v) is 3.59. The molecular weight excluding hydrogens is 368 g/mol. The second-order valence-electron chi connectivity index (χ2n) is 7.43. The molecule has 0 spiro atoms. The van der Waals surface area contributed by atoms with E-state index in [0.29, 0.717) is 24.8 Å². The molecule has 1 atom stereocenters. The normalized spacial score (nSPS) is 11.9. The first-order valence-electron chi connectivity index (χ1n) is 9.67. The van der Waals surface area contributed by atoms with E-state index in [0.717, 1.165) is 16.0 Å². The van der Waals surface area contributed by atoms with Crippen LogP contribution in [0.3, 0.4) is 0 Å². The summed E-state index contributed by atoms with van der Waals surface area (Å²) in [5.74, 6) is 0.519. The van der Waals surface area contributed by atoms with Gasteiger partial charge in [0.25, 0.3) is 0 Å². The summed E-state index contributed by atoms with van der Waals surface area (Å²) in [5.41, 5.74) is 2.17. The van der Waals surface area contributed by atoms with Gasteiger partial charge in [-0.15, -0.1) is 11.8 Å². The first kappa shape index (κ1) is 22.0. The fraction of sp³-hybridized carbons (Fsp3) is 0.391. The standard InChI is InChI=1S/C23H30N2O2S/c1-17(2)14-24-23(27)19(4)25(15-20-10-8-9-18(3)13-20)22(26)16-28-21-11-6-5-7-12-21/h5-13,17,19H,14-16H2,1-4H3,(H,24,27). The Morgan fingerprint density at radius 1 is 1.04 bits per heavy atom. The first-order chi connectivity index (χ1) is 13.4. The highest BCUT2D eigenvalue weighted by molar-refractivity contribution is 8.00. The number of thioether (sulfide) groups is 1. The number of nitrogens with one attached hydrogen (secondary N) is 1. The summed E-state index contributed by atoms with van der Waals surface area (Å²) in [6.45, 7) is 8.96. The first-order valence-corrected chi connectivity index (χ1v) is 10.7. The van der Waals surface area contributed by atoms with Crippen LogP contribution < -0.4 is 5.32 Å². The van der Waals surface area contributed by atoms with Crippen molar-refractivity contribution in [3.8, 4) is 0 Å². The number of amides is 2. The van der Waals surface area contributed by atoms with Gasteiger partial charge in [0, 0.05) is 18.0 Å². The van der Waals surface area contributed by atoms with E-state index in [9.17, 15) is 9.59 Å². The van der Waals surface area contributed by atoms with Crippen LogP contribution in [0.15, 0.2) is 59.5 Å². The Hall–Kier alpha value is -2.27. The maximum Gasteiger partial charge on any atom is 0.242 e. The van der Waals surface area contributed by atoms with E-state index in [1.165, 1.54) is 11.8 Å². The van der Waals surface area contributed by atoms with Crippen molar-refractivity contribution in [1.29, 1.82) is 0 Å². The zero-order valence-corrected chi connectivity index (χ0v) is 18.0. The van der Waals surface area contributed by atoms with Crippen LogP contribution in [0.1, 0.15) is 31.9 Å². The Morgan fingerprint density at radius 3 is 2.39 bits per heavy atom. The van der Waals surface area contributed by atoms with Crippen molar-refractivity contribution >= 4 is 23.6 Å². The predicted octanol–water partition coefficient (Wildman–Crippen LogP) is 4.28. The van der Waals surface area contributed by atoms with E-state index in [1.54, 1.807) is 11.8 Å². The molecule has 2 amide bonds. The third-order valence-corrected chi connectivity index (χ3v) is 5.39. The Morgan fingerprint density at radius 2 is 1.75 bits per heavy atom. The number of aryl methyl sites for hydroxylation is 1. The highest BCUT2D eigenvalue weighted by Crippen LogP contribution is 2.19. The maximum atomic E-state index is 13.0. The highest BCUT2D eigenvalue weighted by Gasteiger charge is 2.26. The van der Waals surface area contributed by atoms with Crippen LogP contribution in [0.25, 0.3) is 0 Å². The van der Waals surface area contributed by atoms with E-state index < -0.39 is 6.04 Å². The third-order valence-electron chi connectivity index (χ3n) is 4.39. The van der Waals surface area contributed by atoms with Gasteiger partial charge in [0.1, 0.15) is 6.04 Å². The third kappa shape index (κ3) is 7.04. The van der Waals surface area contributed by atoms with Crippen molar-refractivity contribution in [2.75, 3.05) is 12.3 Å². The van der Waals surface area contributed by atoms with Gasteiger partial charge in [-0.3, -0.25) is 9.59 Å². The van der Waals surface area contributed by atoms with Gasteiger partial charge < -0.3 is 10.2 Å². The fourth-order valence-electron chi connectivity index (χ4n) is 2.79. The Balaban J connectivity index is 2.11. The Bertz CT molecular complexity index is 777. The van der Waals surface area contributed by atoms with Crippen molar-refractivity contribution in [3.63, 3.8) is 0 Å². The molecule has 28 heavy (non-hydrogen) atoms. The summed E-state index contributed by atoms with van der Waals surface area (Å²) >= 11 is 1.50. The second kappa shape index (κ2) is 10.9. The molecule has 0 bridgehead atoms. The molecule has 0 aliphatic heterocycles. The number of rotatable bonds is 9. The molecule has 0 saturated carbocycles. The molecule has 1 unspecified atom stereocenters. The largest absolute Gasteiger partial charge is 0.354 e. The molecule has 150 valence electrons. The second-order valence-corrected chi connectivity index (χ2v) is 8.48. The van der Waals surface area contributed by atoms with E-state index in [-0.39, 0.29) is 11.8 Å². The Kier molecular flexibility index (Phi) is 8.58. The minimum atomic E-state index is -0.525. The molecule has 0 aromatic heterocycles. The zero-order chi connectivity index (χ0) is 20.5. The smallest absolute Gasteiger partial charge is 0.242 e. The van der Waals surface area contributed by atoms with Crippen molar-refractivity contribution in [3.05, 3.63) is 65.7 Å². The monoisotopic (exact) mass is 398 g/mol. The van der Waals surface area contributed by atoms with Crippen molar-refractivity contribution in [1.82, 2.24) is 10.2 Å². The van der Waals surface area contributed by atoms with Gasteiger partial charge in [0.2, 0.25) is 11.8 Å². The SMILES string of the molecule is Cc1cccc(CN(C(=O)CSc2ccccc2)C(C)C(=O)NCC(C)C)c1. The average molecular weight is 399 g/mol. The molecule has 0 aliphatic carbocycles. The van der Waals surface area contributed by atoms with Gasteiger partial charge >= 0.3 is 0 Å². The molecule has 0 radical (unpaired) electrons. The van der Waals surface area contributed by atoms with Crippen molar-refractivity contribution in [2.45, 2.75) is 45.2 Å². The van der Waals surface area contributed by atoms with Gasteiger partial charge in [-0.1, -0.05) is 61.9 Å². The molecule has 4 nitrogen and oxygen atoms in total. The maximum absolute atomic E-state index is 13.0.